The fraction of sp³-hybridized carbons (Fsp3) is 0.368. The van der Waals surface area contributed by atoms with E-state index in [9.17, 15) is 8.42 Å². The highest BCUT2D eigenvalue weighted by Crippen LogP contribution is 2.31. The Morgan fingerprint density at radius 3 is 2.11 bits per heavy atom. The van der Waals surface area contributed by atoms with Gasteiger partial charge in [0, 0.05) is 54.4 Å². The Balaban J connectivity index is 1.70. The van der Waals surface area contributed by atoms with Crippen LogP contribution in [0.25, 0.3) is 0 Å². The normalized spacial score (nSPS) is 16.1. The first-order chi connectivity index (χ1) is 13.4. The Morgan fingerprint density at radius 2 is 1.54 bits per heavy atom. The van der Waals surface area contributed by atoms with Gasteiger partial charge in [0.1, 0.15) is 0 Å². The fourth-order valence-electron chi connectivity index (χ4n) is 3.16. The number of nitrogens with zero attached hydrogens (tertiary/aromatic N) is 2. The van der Waals surface area contributed by atoms with Crippen LogP contribution in [0, 0.1) is 0 Å². The van der Waals surface area contributed by atoms with Crippen LogP contribution in [0.3, 0.4) is 0 Å². The number of benzene rings is 2. The van der Waals surface area contributed by atoms with Gasteiger partial charge in [0.15, 0.2) is 11.5 Å². The van der Waals surface area contributed by atoms with Crippen LogP contribution in [0.2, 0.25) is 10.0 Å². The van der Waals surface area contributed by atoms with Crippen LogP contribution >= 0.6 is 23.2 Å². The third-order valence-corrected chi connectivity index (χ3v) is 7.37. The van der Waals surface area contributed by atoms with Gasteiger partial charge in [-0.05, 0) is 24.3 Å². The lowest BCUT2D eigenvalue weighted by atomic mass is 10.2. The molecule has 6 nitrogen and oxygen atoms in total. The summed E-state index contributed by atoms with van der Waals surface area (Å²) in [6.45, 7) is 2.54. The second-order valence-corrected chi connectivity index (χ2v) is 9.15. The Morgan fingerprint density at radius 1 is 0.929 bits per heavy atom. The SMILES string of the molecule is COc1ccc(S(=O)(=O)N2CCN(Cc3c(Cl)cccc3Cl)CC2)cc1OC. The second kappa shape index (κ2) is 8.88. The molecule has 0 saturated carbocycles. The molecule has 0 bridgehead atoms. The summed E-state index contributed by atoms with van der Waals surface area (Å²) in [6, 6.07) is 10.0. The maximum absolute atomic E-state index is 13.0. The quantitative estimate of drug-likeness (QED) is 0.681. The summed E-state index contributed by atoms with van der Waals surface area (Å²) in [5.41, 5.74) is 0.863. The van der Waals surface area contributed by atoms with Crippen molar-refractivity contribution in [3.63, 3.8) is 0 Å². The number of methoxy groups -OCH3 is 2. The third kappa shape index (κ3) is 4.39. The molecule has 3 rings (SSSR count). The van der Waals surface area contributed by atoms with E-state index >= 15 is 0 Å². The summed E-state index contributed by atoms with van der Waals surface area (Å²) in [5.74, 6) is 0.874. The first kappa shape index (κ1) is 21.2. The van der Waals surface area contributed by atoms with Crippen LogP contribution in [0.1, 0.15) is 5.56 Å². The average molecular weight is 445 g/mol. The summed E-state index contributed by atoms with van der Waals surface area (Å²) in [5, 5.41) is 1.24. The van der Waals surface area contributed by atoms with Gasteiger partial charge in [0.25, 0.3) is 0 Å². The van der Waals surface area contributed by atoms with Gasteiger partial charge in [-0.3, -0.25) is 4.90 Å². The molecule has 1 aliphatic heterocycles. The maximum atomic E-state index is 13.0. The molecule has 0 spiro atoms. The van der Waals surface area contributed by atoms with E-state index in [1.807, 2.05) is 6.07 Å². The van der Waals surface area contributed by atoms with E-state index in [2.05, 4.69) is 4.90 Å². The molecule has 0 aromatic heterocycles. The molecule has 0 amide bonds. The molecule has 9 heteroatoms. The van der Waals surface area contributed by atoms with Crippen molar-refractivity contribution in [1.29, 1.82) is 0 Å². The van der Waals surface area contributed by atoms with Crippen LogP contribution in [-0.2, 0) is 16.6 Å². The maximum Gasteiger partial charge on any atom is 0.243 e. The van der Waals surface area contributed by atoms with Crippen LogP contribution in [0.15, 0.2) is 41.3 Å². The Labute approximate surface area is 175 Å². The van der Waals surface area contributed by atoms with Gasteiger partial charge in [-0.25, -0.2) is 8.42 Å². The molecule has 0 atom stereocenters. The van der Waals surface area contributed by atoms with Gasteiger partial charge in [-0.15, -0.1) is 0 Å². The predicted octanol–water partition coefficient (Wildman–Crippen LogP) is 3.52. The summed E-state index contributed by atoms with van der Waals surface area (Å²) < 4.78 is 37.9. The van der Waals surface area contributed by atoms with Crippen molar-refractivity contribution in [3.05, 3.63) is 52.0 Å². The predicted molar refractivity (Wildman–Crippen MR) is 110 cm³/mol. The van der Waals surface area contributed by atoms with Crippen molar-refractivity contribution in [1.82, 2.24) is 9.21 Å². The Bertz CT molecular complexity index is 925. The van der Waals surface area contributed by atoms with Crippen molar-refractivity contribution >= 4 is 33.2 Å². The molecular formula is C19H22Cl2N2O4S. The van der Waals surface area contributed by atoms with Gasteiger partial charge in [0.2, 0.25) is 10.0 Å². The molecule has 1 saturated heterocycles. The first-order valence-electron chi connectivity index (χ1n) is 8.74. The van der Waals surface area contributed by atoms with E-state index < -0.39 is 10.0 Å². The number of piperazine rings is 1. The average Bonchev–Trinajstić information content (AvgIpc) is 2.70. The van der Waals surface area contributed by atoms with Crippen molar-refractivity contribution < 1.29 is 17.9 Å². The second-order valence-electron chi connectivity index (χ2n) is 6.40. The van der Waals surface area contributed by atoms with E-state index in [0.717, 1.165) is 5.56 Å². The topological polar surface area (TPSA) is 59.1 Å². The first-order valence-corrected chi connectivity index (χ1v) is 10.9. The number of hydrogen-bond acceptors (Lipinski definition) is 5. The highest BCUT2D eigenvalue weighted by atomic mass is 35.5. The molecule has 2 aromatic carbocycles. The molecule has 0 N–H and O–H groups in total. The van der Waals surface area contributed by atoms with Gasteiger partial charge >= 0.3 is 0 Å². The fourth-order valence-corrected chi connectivity index (χ4v) is 5.12. The Hall–Kier alpha value is -1.51. The lowest BCUT2D eigenvalue weighted by Gasteiger charge is -2.34. The minimum absolute atomic E-state index is 0.188. The lowest BCUT2D eigenvalue weighted by molar-refractivity contribution is 0.181. The minimum atomic E-state index is -3.61. The van der Waals surface area contributed by atoms with Crippen LogP contribution < -0.4 is 9.47 Å². The molecule has 1 fully saturated rings. The highest BCUT2D eigenvalue weighted by Gasteiger charge is 2.29. The smallest absolute Gasteiger partial charge is 0.243 e. The van der Waals surface area contributed by atoms with E-state index in [1.165, 1.54) is 30.7 Å². The molecule has 152 valence electrons. The number of sulfonamides is 1. The van der Waals surface area contributed by atoms with E-state index in [4.69, 9.17) is 32.7 Å². The molecule has 0 unspecified atom stereocenters. The number of rotatable bonds is 6. The zero-order chi connectivity index (χ0) is 20.3. The van der Waals surface area contributed by atoms with E-state index in [1.54, 1.807) is 18.2 Å². The monoisotopic (exact) mass is 444 g/mol. The molecule has 1 heterocycles. The van der Waals surface area contributed by atoms with Crippen molar-refractivity contribution in [3.8, 4) is 11.5 Å². The lowest BCUT2D eigenvalue weighted by Crippen LogP contribution is -2.48. The summed E-state index contributed by atoms with van der Waals surface area (Å²) in [7, 11) is -0.624. The number of hydrogen-bond donors (Lipinski definition) is 0. The Kier molecular flexibility index (Phi) is 6.73. The largest absolute Gasteiger partial charge is 0.493 e. The van der Waals surface area contributed by atoms with Crippen LogP contribution in [-0.4, -0.2) is 58.0 Å². The molecular weight excluding hydrogens is 423 g/mol. The van der Waals surface area contributed by atoms with Crippen LogP contribution in [0.5, 0.6) is 11.5 Å². The van der Waals surface area contributed by atoms with E-state index in [0.29, 0.717) is 54.3 Å². The zero-order valence-electron chi connectivity index (χ0n) is 15.7. The van der Waals surface area contributed by atoms with Gasteiger partial charge in [-0.1, -0.05) is 29.3 Å². The molecule has 0 radical (unpaired) electrons. The minimum Gasteiger partial charge on any atom is -0.493 e. The standard InChI is InChI=1S/C19H22Cl2N2O4S/c1-26-18-7-6-14(12-19(18)27-2)28(24,25)23-10-8-22(9-11-23)13-15-16(20)4-3-5-17(15)21/h3-7,12H,8-11,13H2,1-2H3. The van der Waals surface area contributed by atoms with Crippen molar-refractivity contribution in [2.75, 3.05) is 40.4 Å². The van der Waals surface area contributed by atoms with Gasteiger partial charge in [-0.2, -0.15) is 4.31 Å². The number of halogens is 2. The van der Waals surface area contributed by atoms with E-state index in [-0.39, 0.29) is 4.90 Å². The van der Waals surface area contributed by atoms with Crippen molar-refractivity contribution in [2.24, 2.45) is 0 Å². The molecule has 0 aliphatic carbocycles. The third-order valence-electron chi connectivity index (χ3n) is 4.77. The molecule has 1 aliphatic rings. The molecule has 28 heavy (non-hydrogen) atoms. The van der Waals surface area contributed by atoms with Gasteiger partial charge in [0.05, 0.1) is 19.1 Å². The zero-order valence-corrected chi connectivity index (χ0v) is 18.0. The molecule has 2 aromatic rings. The van der Waals surface area contributed by atoms with Crippen LogP contribution in [0.4, 0.5) is 0 Å². The highest BCUT2D eigenvalue weighted by molar-refractivity contribution is 7.89. The summed E-state index contributed by atoms with van der Waals surface area (Å²) >= 11 is 12.5. The number of ether oxygens (including phenoxy) is 2. The summed E-state index contributed by atoms with van der Waals surface area (Å²) in [4.78, 5) is 2.33. The summed E-state index contributed by atoms with van der Waals surface area (Å²) in [6.07, 6.45) is 0. The van der Waals surface area contributed by atoms with Gasteiger partial charge < -0.3 is 9.47 Å². The van der Waals surface area contributed by atoms with Crippen molar-refractivity contribution in [2.45, 2.75) is 11.4 Å².